The Bertz CT molecular complexity index is 1160. The van der Waals surface area contributed by atoms with E-state index >= 15 is 0 Å². The molecular weight excluding hydrogens is 430 g/mol. The number of aromatic nitrogens is 4. The number of amides is 2. The number of nitrogen functional groups attached to an aromatic ring is 1. The van der Waals surface area contributed by atoms with Gasteiger partial charge in [0.05, 0.1) is 19.3 Å². The molecule has 3 aromatic rings. The Morgan fingerprint density at radius 3 is 2.69 bits per heavy atom. The number of imidazole rings is 1. The van der Waals surface area contributed by atoms with Gasteiger partial charge in [-0.25, -0.2) is 19.1 Å². The number of nitrogens with one attached hydrogen (secondary N) is 1. The molecule has 0 spiro atoms. The second-order valence-corrected chi connectivity index (χ2v) is 7.83. The number of carbonyl (C=O) groups excluding carboxylic acids is 2. The number of halogens is 1. The van der Waals surface area contributed by atoms with E-state index in [1.807, 2.05) is 46.0 Å². The lowest BCUT2D eigenvalue weighted by Crippen LogP contribution is -2.40. The van der Waals surface area contributed by atoms with Gasteiger partial charge in [-0.15, -0.1) is 0 Å². The third-order valence-electron chi connectivity index (χ3n) is 5.36. The summed E-state index contributed by atoms with van der Waals surface area (Å²) in [4.78, 5) is 35.1. The predicted octanol–water partition coefficient (Wildman–Crippen LogP) is 2.41. The van der Waals surface area contributed by atoms with E-state index in [1.165, 1.54) is 6.20 Å². The fraction of sp³-hybridized carbons (Fsp3) is 0.409. The van der Waals surface area contributed by atoms with Crippen LogP contribution >= 0.6 is 11.6 Å². The SMILES string of the molecule is CCCN(C)C(=O)c1ccc2c(c1)n(CC)c(CNC(=O)c1nc(Cl)cnc1N)[n+]2CC. The van der Waals surface area contributed by atoms with Gasteiger partial charge in [-0.3, -0.25) is 9.59 Å². The number of aryl methyl sites for hydroxylation is 2. The fourth-order valence-electron chi connectivity index (χ4n) is 3.87. The second-order valence-electron chi connectivity index (χ2n) is 7.44. The van der Waals surface area contributed by atoms with Gasteiger partial charge in [0.25, 0.3) is 17.6 Å². The predicted molar refractivity (Wildman–Crippen MR) is 123 cm³/mol. The fourth-order valence-corrected chi connectivity index (χ4v) is 4.00. The van der Waals surface area contributed by atoms with Crippen molar-refractivity contribution in [3.8, 4) is 0 Å². The van der Waals surface area contributed by atoms with Crippen LogP contribution in [0.4, 0.5) is 5.82 Å². The Morgan fingerprint density at radius 2 is 2.03 bits per heavy atom. The quantitative estimate of drug-likeness (QED) is 0.503. The highest BCUT2D eigenvalue weighted by atomic mass is 35.5. The van der Waals surface area contributed by atoms with Crippen molar-refractivity contribution >= 4 is 40.3 Å². The van der Waals surface area contributed by atoms with Crippen LogP contribution in [0.5, 0.6) is 0 Å². The van der Waals surface area contributed by atoms with Crippen LogP contribution < -0.4 is 15.6 Å². The van der Waals surface area contributed by atoms with E-state index in [9.17, 15) is 9.59 Å². The molecule has 0 aliphatic rings. The Labute approximate surface area is 192 Å². The van der Waals surface area contributed by atoms with Crippen molar-refractivity contribution in [3.05, 3.63) is 46.6 Å². The van der Waals surface area contributed by atoms with Gasteiger partial charge in [-0.1, -0.05) is 18.5 Å². The van der Waals surface area contributed by atoms with E-state index in [-0.39, 0.29) is 29.1 Å². The average molecular weight is 459 g/mol. The van der Waals surface area contributed by atoms with E-state index in [2.05, 4.69) is 24.4 Å². The maximum Gasteiger partial charge on any atom is 0.277 e. The summed E-state index contributed by atoms with van der Waals surface area (Å²) in [5.74, 6) is 0.458. The van der Waals surface area contributed by atoms with Gasteiger partial charge in [-0.2, -0.15) is 0 Å². The normalized spacial score (nSPS) is 11.0. The molecule has 170 valence electrons. The zero-order valence-corrected chi connectivity index (χ0v) is 19.6. The zero-order valence-electron chi connectivity index (χ0n) is 18.9. The topological polar surface area (TPSA) is 110 Å². The summed E-state index contributed by atoms with van der Waals surface area (Å²) < 4.78 is 4.22. The smallest absolute Gasteiger partial charge is 0.277 e. The molecule has 0 unspecified atom stereocenters. The van der Waals surface area contributed by atoms with Crippen LogP contribution in [-0.2, 0) is 19.6 Å². The number of carbonyl (C=O) groups is 2. The molecule has 0 radical (unpaired) electrons. The summed E-state index contributed by atoms with van der Waals surface area (Å²) in [7, 11) is 1.81. The van der Waals surface area contributed by atoms with E-state index in [4.69, 9.17) is 17.3 Å². The maximum absolute atomic E-state index is 12.8. The highest BCUT2D eigenvalue weighted by molar-refractivity contribution is 6.29. The Balaban J connectivity index is 1.96. The molecule has 2 amide bonds. The molecular formula is C22H29ClN7O2+. The molecule has 1 aromatic carbocycles. The zero-order chi connectivity index (χ0) is 23.4. The van der Waals surface area contributed by atoms with Gasteiger partial charge in [0.2, 0.25) is 0 Å². The highest BCUT2D eigenvalue weighted by Gasteiger charge is 2.26. The van der Waals surface area contributed by atoms with Gasteiger partial charge in [-0.05, 0) is 32.4 Å². The molecule has 2 heterocycles. The van der Waals surface area contributed by atoms with Crippen LogP contribution in [0.2, 0.25) is 5.15 Å². The van der Waals surface area contributed by atoms with Crippen LogP contribution in [0.15, 0.2) is 24.4 Å². The van der Waals surface area contributed by atoms with Crippen LogP contribution in [0.1, 0.15) is 53.9 Å². The Morgan fingerprint density at radius 1 is 1.28 bits per heavy atom. The number of nitrogens with zero attached hydrogens (tertiary/aromatic N) is 5. The molecule has 32 heavy (non-hydrogen) atoms. The first-order chi connectivity index (χ1) is 15.3. The third kappa shape index (κ3) is 4.52. The number of fused-ring (bicyclic) bond motifs is 1. The number of anilines is 1. The monoisotopic (exact) mass is 458 g/mol. The molecule has 3 rings (SSSR count). The van der Waals surface area contributed by atoms with Gasteiger partial charge < -0.3 is 16.0 Å². The Kier molecular flexibility index (Phi) is 7.29. The molecule has 0 fully saturated rings. The minimum absolute atomic E-state index is 0.00782. The lowest BCUT2D eigenvalue weighted by atomic mass is 10.1. The van der Waals surface area contributed by atoms with Gasteiger partial charge in [0.1, 0.15) is 11.7 Å². The summed E-state index contributed by atoms with van der Waals surface area (Å²) >= 11 is 5.86. The lowest BCUT2D eigenvalue weighted by molar-refractivity contribution is -0.676. The van der Waals surface area contributed by atoms with Crippen LogP contribution in [0.3, 0.4) is 0 Å². The average Bonchev–Trinajstić information content (AvgIpc) is 3.10. The van der Waals surface area contributed by atoms with Crippen LogP contribution in [-0.4, -0.2) is 44.8 Å². The second kappa shape index (κ2) is 9.95. The standard InChI is InChI=1S/C22H28ClN7O2/c1-5-10-28(4)22(32)14-8-9-15-16(11-14)30(7-3)18(29(15)6-2)13-26-21(31)19-20(24)25-12-17(23)27-19/h8-9,11-12H,5-7,10,13H2,1-4H3,(H2-,24,25,26,31)/p+1. The molecule has 0 atom stereocenters. The largest absolute Gasteiger partial charge is 0.382 e. The van der Waals surface area contributed by atoms with Crippen molar-refractivity contribution in [2.24, 2.45) is 0 Å². The van der Waals surface area contributed by atoms with Gasteiger partial charge >= 0.3 is 0 Å². The lowest BCUT2D eigenvalue weighted by Gasteiger charge is -2.15. The number of nitrogens with two attached hydrogens (primary N) is 1. The minimum Gasteiger partial charge on any atom is -0.382 e. The van der Waals surface area contributed by atoms with Crippen molar-refractivity contribution in [3.63, 3.8) is 0 Å². The third-order valence-corrected chi connectivity index (χ3v) is 5.54. The van der Waals surface area contributed by atoms with E-state index in [0.29, 0.717) is 25.2 Å². The van der Waals surface area contributed by atoms with Crippen LogP contribution in [0, 0.1) is 0 Å². The van der Waals surface area contributed by atoms with Crippen molar-refractivity contribution in [2.45, 2.75) is 46.8 Å². The number of benzene rings is 1. The number of rotatable bonds is 8. The van der Waals surface area contributed by atoms with Crippen LogP contribution in [0.25, 0.3) is 11.0 Å². The van der Waals surface area contributed by atoms with Gasteiger partial charge in [0, 0.05) is 25.2 Å². The van der Waals surface area contributed by atoms with Crippen molar-refractivity contribution in [2.75, 3.05) is 19.3 Å². The first-order valence-electron chi connectivity index (χ1n) is 10.7. The summed E-state index contributed by atoms with van der Waals surface area (Å²) in [5, 5.41) is 2.97. The minimum atomic E-state index is -0.454. The molecule has 0 saturated carbocycles. The Hall–Kier alpha value is -3.20. The maximum atomic E-state index is 12.8. The van der Waals surface area contributed by atoms with E-state index in [1.54, 1.807) is 4.90 Å². The summed E-state index contributed by atoms with van der Waals surface area (Å²) in [6.07, 6.45) is 2.20. The first-order valence-corrected chi connectivity index (χ1v) is 11.1. The summed E-state index contributed by atoms with van der Waals surface area (Å²) in [6.45, 7) is 8.45. The first kappa shape index (κ1) is 23.5. The molecule has 2 aromatic heterocycles. The van der Waals surface area contributed by atoms with Crippen molar-refractivity contribution < 1.29 is 14.2 Å². The number of hydrogen-bond donors (Lipinski definition) is 2. The number of hydrogen-bond acceptors (Lipinski definition) is 5. The summed E-state index contributed by atoms with van der Waals surface area (Å²) in [5.41, 5.74) is 8.35. The molecule has 10 heteroatoms. The molecule has 0 bridgehead atoms. The van der Waals surface area contributed by atoms with E-state index in [0.717, 1.165) is 23.3 Å². The van der Waals surface area contributed by atoms with Crippen molar-refractivity contribution in [1.29, 1.82) is 0 Å². The molecule has 0 aliphatic heterocycles. The van der Waals surface area contributed by atoms with Gasteiger partial charge in [0.15, 0.2) is 22.5 Å². The molecule has 9 nitrogen and oxygen atoms in total. The molecule has 0 saturated heterocycles. The molecule has 3 N–H and O–H groups in total. The van der Waals surface area contributed by atoms with Crippen molar-refractivity contribution in [1.82, 2.24) is 24.8 Å². The highest BCUT2D eigenvalue weighted by Crippen LogP contribution is 2.19. The van der Waals surface area contributed by atoms with E-state index < -0.39 is 5.91 Å². The summed E-state index contributed by atoms with van der Waals surface area (Å²) in [6, 6.07) is 5.74. The molecule has 0 aliphatic carbocycles.